The summed E-state index contributed by atoms with van der Waals surface area (Å²) in [5.74, 6) is 0. The van der Waals surface area contributed by atoms with Crippen molar-refractivity contribution in [1.29, 1.82) is 0 Å². The Morgan fingerprint density at radius 2 is 1.82 bits per heavy atom. The van der Waals surface area contributed by atoms with Crippen LogP contribution in [0.2, 0.25) is 0 Å². The molecule has 0 N–H and O–H groups in total. The molecule has 112 valence electrons. The van der Waals surface area contributed by atoms with Crippen molar-refractivity contribution in [3.05, 3.63) is 53.0 Å². The van der Waals surface area contributed by atoms with E-state index in [2.05, 4.69) is 58.3 Å². The molecular formula is C19H20N2S. The van der Waals surface area contributed by atoms with Crippen LogP contribution < -0.4 is 4.90 Å². The molecule has 3 heterocycles. The van der Waals surface area contributed by atoms with Crippen molar-refractivity contribution >= 4 is 27.2 Å². The van der Waals surface area contributed by atoms with E-state index < -0.39 is 0 Å². The minimum atomic E-state index is 0.226. The lowest BCUT2D eigenvalue weighted by Crippen LogP contribution is -2.40. The highest BCUT2D eigenvalue weighted by Crippen LogP contribution is 2.54. The maximum absolute atomic E-state index is 2.68. The zero-order chi connectivity index (χ0) is 14.7. The van der Waals surface area contributed by atoms with E-state index in [1.54, 1.807) is 11.3 Å². The van der Waals surface area contributed by atoms with E-state index >= 15 is 0 Å². The lowest BCUT2D eigenvalue weighted by Gasteiger charge is -2.38. The Bertz CT molecular complexity index is 837. The number of fused-ring (bicyclic) bond motifs is 4. The molecule has 22 heavy (non-hydrogen) atoms. The summed E-state index contributed by atoms with van der Waals surface area (Å²) >= 11 is 1.91. The fourth-order valence-corrected chi connectivity index (χ4v) is 5.78. The molecule has 0 amide bonds. The molecule has 1 aliphatic heterocycles. The highest BCUT2D eigenvalue weighted by atomic mass is 32.1. The molecule has 3 aromatic rings. The zero-order valence-corrected chi connectivity index (χ0v) is 13.7. The van der Waals surface area contributed by atoms with Gasteiger partial charge in [-0.3, -0.25) is 0 Å². The molecule has 5 rings (SSSR count). The maximum Gasteiger partial charge on any atom is 0.0811 e. The van der Waals surface area contributed by atoms with E-state index in [-0.39, 0.29) is 5.54 Å². The summed E-state index contributed by atoms with van der Waals surface area (Å²) in [7, 11) is 2.27. The average Bonchev–Trinajstić information content (AvgIpc) is 3.28. The summed E-state index contributed by atoms with van der Waals surface area (Å²) in [4.78, 5) is 2.68. The third-order valence-electron chi connectivity index (χ3n) is 5.67. The van der Waals surface area contributed by atoms with Crippen LogP contribution in [0.5, 0.6) is 0 Å². The van der Waals surface area contributed by atoms with Crippen molar-refractivity contribution in [1.82, 2.24) is 4.57 Å². The molecule has 1 aromatic carbocycles. The normalized spacial score (nSPS) is 19.4. The van der Waals surface area contributed by atoms with Crippen molar-refractivity contribution in [3.63, 3.8) is 0 Å². The Morgan fingerprint density at radius 3 is 2.59 bits per heavy atom. The second-order valence-electron chi connectivity index (χ2n) is 6.68. The number of thiophene rings is 1. The average molecular weight is 308 g/mol. The Morgan fingerprint density at radius 1 is 1.05 bits per heavy atom. The van der Waals surface area contributed by atoms with Gasteiger partial charge in [-0.1, -0.05) is 31.0 Å². The lowest BCUT2D eigenvalue weighted by molar-refractivity contribution is 0.417. The number of nitrogens with zero attached hydrogens (tertiary/aromatic N) is 2. The SMILES string of the molecule is Cn1c2c(c3sccc31)CN(c1ccccc1)C21CCCC1. The second kappa shape index (κ2) is 4.39. The van der Waals surface area contributed by atoms with Gasteiger partial charge in [-0.25, -0.2) is 0 Å². The van der Waals surface area contributed by atoms with Gasteiger partial charge in [-0.15, -0.1) is 11.3 Å². The van der Waals surface area contributed by atoms with Crippen LogP contribution in [-0.4, -0.2) is 4.57 Å². The first-order valence-electron chi connectivity index (χ1n) is 8.19. The number of benzene rings is 1. The number of hydrogen-bond donors (Lipinski definition) is 0. The van der Waals surface area contributed by atoms with E-state index in [9.17, 15) is 0 Å². The molecule has 0 atom stereocenters. The minimum Gasteiger partial charge on any atom is -0.356 e. The van der Waals surface area contributed by atoms with E-state index in [4.69, 9.17) is 0 Å². The topological polar surface area (TPSA) is 8.17 Å². The molecule has 0 unspecified atom stereocenters. The third kappa shape index (κ3) is 1.45. The molecule has 2 aliphatic rings. The molecule has 2 nitrogen and oxygen atoms in total. The number of aryl methyl sites for hydroxylation is 1. The molecule has 1 saturated carbocycles. The summed E-state index contributed by atoms with van der Waals surface area (Å²) in [5.41, 5.74) is 6.21. The number of rotatable bonds is 1. The van der Waals surface area contributed by atoms with Crippen molar-refractivity contribution < 1.29 is 0 Å². The Hall–Kier alpha value is -1.74. The van der Waals surface area contributed by atoms with Crippen LogP contribution in [0.25, 0.3) is 10.2 Å². The first-order chi connectivity index (χ1) is 10.8. The fraction of sp³-hybridized carbons (Fsp3) is 0.368. The largest absolute Gasteiger partial charge is 0.356 e. The first-order valence-corrected chi connectivity index (χ1v) is 9.07. The van der Waals surface area contributed by atoms with Crippen LogP contribution in [0.3, 0.4) is 0 Å². The molecule has 1 fully saturated rings. The lowest BCUT2D eigenvalue weighted by atomic mass is 9.92. The quantitative estimate of drug-likeness (QED) is 0.612. The monoisotopic (exact) mass is 308 g/mol. The molecule has 0 bridgehead atoms. The maximum atomic E-state index is 2.68. The Kier molecular flexibility index (Phi) is 2.55. The van der Waals surface area contributed by atoms with E-state index in [1.165, 1.54) is 41.6 Å². The highest BCUT2D eigenvalue weighted by molar-refractivity contribution is 7.17. The molecule has 2 aromatic heterocycles. The van der Waals surface area contributed by atoms with Crippen LogP contribution in [0, 0.1) is 0 Å². The number of aromatic nitrogens is 1. The van der Waals surface area contributed by atoms with Gasteiger partial charge < -0.3 is 9.47 Å². The highest BCUT2D eigenvalue weighted by Gasteiger charge is 2.50. The Labute approximate surface area is 135 Å². The second-order valence-corrected chi connectivity index (χ2v) is 7.60. The predicted molar refractivity (Wildman–Crippen MR) is 93.6 cm³/mol. The summed E-state index contributed by atoms with van der Waals surface area (Å²) in [6, 6.07) is 13.3. The van der Waals surface area contributed by atoms with E-state index in [0.29, 0.717) is 0 Å². The van der Waals surface area contributed by atoms with Crippen molar-refractivity contribution in [2.24, 2.45) is 7.05 Å². The summed E-state index contributed by atoms with van der Waals surface area (Å²) in [5, 5.41) is 2.23. The van der Waals surface area contributed by atoms with Gasteiger partial charge in [0.1, 0.15) is 0 Å². The summed E-state index contributed by atoms with van der Waals surface area (Å²) in [6.07, 6.45) is 5.28. The van der Waals surface area contributed by atoms with Crippen LogP contribution in [0.1, 0.15) is 36.9 Å². The number of para-hydroxylation sites is 1. The third-order valence-corrected chi connectivity index (χ3v) is 6.64. The smallest absolute Gasteiger partial charge is 0.0811 e. The van der Waals surface area contributed by atoms with Crippen LogP contribution in [-0.2, 0) is 19.1 Å². The Balaban J connectivity index is 1.76. The minimum absolute atomic E-state index is 0.226. The molecule has 1 aliphatic carbocycles. The fourth-order valence-electron chi connectivity index (χ4n) is 4.81. The van der Waals surface area contributed by atoms with Gasteiger partial charge in [0.2, 0.25) is 0 Å². The first kappa shape index (κ1) is 12.8. The van der Waals surface area contributed by atoms with E-state index in [0.717, 1.165) is 6.54 Å². The number of anilines is 1. The number of hydrogen-bond acceptors (Lipinski definition) is 2. The van der Waals surface area contributed by atoms with Gasteiger partial charge in [0.25, 0.3) is 0 Å². The predicted octanol–water partition coefficient (Wildman–Crippen LogP) is 5.03. The van der Waals surface area contributed by atoms with Gasteiger partial charge in [0.15, 0.2) is 0 Å². The van der Waals surface area contributed by atoms with Crippen LogP contribution in [0.15, 0.2) is 41.8 Å². The zero-order valence-electron chi connectivity index (χ0n) is 12.9. The van der Waals surface area contributed by atoms with Gasteiger partial charge in [0.05, 0.1) is 21.4 Å². The van der Waals surface area contributed by atoms with Gasteiger partial charge >= 0.3 is 0 Å². The standard InChI is InChI=1S/C19H20N2S/c1-20-16-9-12-22-17(16)15-13-21(14-7-3-2-4-8-14)19(18(15)20)10-5-6-11-19/h2-4,7-9,12H,5-6,10-11,13H2,1H3. The summed E-state index contributed by atoms with van der Waals surface area (Å²) < 4.78 is 3.98. The van der Waals surface area contributed by atoms with Crippen molar-refractivity contribution in [3.8, 4) is 0 Å². The van der Waals surface area contributed by atoms with Gasteiger partial charge in [-0.2, -0.15) is 0 Å². The molecule has 0 saturated heterocycles. The van der Waals surface area contributed by atoms with Crippen LogP contribution in [0.4, 0.5) is 5.69 Å². The molecule has 0 radical (unpaired) electrons. The van der Waals surface area contributed by atoms with Gasteiger partial charge in [0, 0.05) is 24.8 Å². The van der Waals surface area contributed by atoms with Crippen molar-refractivity contribution in [2.45, 2.75) is 37.8 Å². The molecule has 3 heteroatoms. The molecule has 1 spiro atoms. The summed E-state index contributed by atoms with van der Waals surface area (Å²) in [6.45, 7) is 1.07. The van der Waals surface area contributed by atoms with Crippen LogP contribution >= 0.6 is 11.3 Å². The van der Waals surface area contributed by atoms with E-state index in [1.807, 2.05) is 11.3 Å². The molecular weight excluding hydrogens is 288 g/mol. The van der Waals surface area contributed by atoms with Crippen molar-refractivity contribution in [2.75, 3.05) is 4.90 Å². The van der Waals surface area contributed by atoms with Gasteiger partial charge in [-0.05, 0) is 36.4 Å².